The highest BCUT2D eigenvalue weighted by molar-refractivity contribution is 5.72. The molecule has 27 heavy (non-hydrogen) atoms. The summed E-state index contributed by atoms with van der Waals surface area (Å²) in [5.74, 6) is 1.00. The van der Waals surface area contributed by atoms with Gasteiger partial charge in [-0.25, -0.2) is 0 Å². The Hall–Kier alpha value is -1.83. The minimum atomic E-state index is 0.800. The van der Waals surface area contributed by atoms with E-state index in [2.05, 4.69) is 49.2 Å². The van der Waals surface area contributed by atoms with Crippen LogP contribution in [0, 0.1) is 0 Å². The van der Waals surface area contributed by atoms with Crippen molar-refractivity contribution < 1.29 is 4.74 Å². The molecule has 0 aliphatic heterocycles. The van der Waals surface area contributed by atoms with Gasteiger partial charge in [-0.2, -0.15) is 0 Å². The number of hydrogen-bond donors (Lipinski definition) is 0. The summed E-state index contributed by atoms with van der Waals surface area (Å²) in [4.78, 5) is 4.38. The van der Waals surface area contributed by atoms with Gasteiger partial charge < -0.3 is 4.74 Å². The molecule has 0 aliphatic carbocycles. The smallest absolute Gasteiger partial charge is 0.127 e. The van der Waals surface area contributed by atoms with E-state index in [1.807, 2.05) is 12.4 Å². The van der Waals surface area contributed by atoms with E-state index in [0.29, 0.717) is 0 Å². The molecule has 1 aromatic carbocycles. The first kappa shape index (κ1) is 21.5. The third-order valence-corrected chi connectivity index (χ3v) is 5.14. The molecule has 0 spiro atoms. The molecule has 2 heteroatoms. The molecule has 0 N–H and O–H groups in total. The number of aryl methyl sites for hydroxylation is 1. The average molecular weight is 368 g/mol. The van der Waals surface area contributed by atoms with Crippen molar-refractivity contribution in [1.82, 2.24) is 4.98 Å². The molecule has 0 saturated carbocycles. The Morgan fingerprint density at radius 1 is 0.741 bits per heavy atom. The topological polar surface area (TPSA) is 22.1 Å². The first-order valence-corrected chi connectivity index (χ1v) is 11.0. The van der Waals surface area contributed by atoms with Gasteiger partial charge in [-0.3, -0.25) is 4.98 Å². The molecular formula is C25H37NO. The molecular weight excluding hydrogens is 330 g/mol. The molecule has 2 nitrogen and oxygen atoms in total. The molecule has 1 aromatic heterocycles. The second kappa shape index (κ2) is 13.4. The summed E-state index contributed by atoms with van der Waals surface area (Å²) in [7, 11) is 0. The number of ether oxygens (including phenoxy) is 1. The lowest BCUT2D eigenvalue weighted by atomic mass is 9.97. The van der Waals surface area contributed by atoms with Crippen molar-refractivity contribution in [3.05, 3.63) is 48.3 Å². The standard InChI is InChI=1S/C25H37NO/c1-3-5-7-9-10-11-15-22-21-26-19-18-23(22)24-16-12-13-17-25(24)27-20-14-8-6-4-2/h12-13,16-19,21H,3-11,14-15,20H2,1-2H3. The van der Waals surface area contributed by atoms with Crippen LogP contribution >= 0.6 is 0 Å². The van der Waals surface area contributed by atoms with E-state index in [4.69, 9.17) is 4.74 Å². The van der Waals surface area contributed by atoms with Gasteiger partial charge in [-0.15, -0.1) is 0 Å². The maximum atomic E-state index is 6.14. The third kappa shape index (κ3) is 7.74. The highest BCUT2D eigenvalue weighted by Gasteiger charge is 2.10. The summed E-state index contributed by atoms with van der Waals surface area (Å²) in [6.07, 6.45) is 17.9. The second-order valence-electron chi connectivity index (χ2n) is 7.46. The zero-order valence-electron chi connectivity index (χ0n) is 17.4. The highest BCUT2D eigenvalue weighted by atomic mass is 16.5. The molecule has 0 unspecified atom stereocenters. The summed E-state index contributed by atoms with van der Waals surface area (Å²) in [6.45, 7) is 5.31. The number of para-hydroxylation sites is 1. The van der Waals surface area contributed by atoms with Gasteiger partial charge in [0.2, 0.25) is 0 Å². The van der Waals surface area contributed by atoms with Gasteiger partial charge in [0.05, 0.1) is 6.61 Å². The third-order valence-electron chi connectivity index (χ3n) is 5.14. The number of rotatable bonds is 14. The number of pyridine rings is 1. The average Bonchev–Trinajstić information content (AvgIpc) is 2.71. The Balaban J connectivity index is 1.98. The molecule has 1 heterocycles. The van der Waals surface area contributed by atoms with Crippen LogP contribution in [0.4, 0.5) is 0 Å². The number of unbranched alkanes of at least 4 members (excludes halogenated alkanes) is 8. The molecule has 2 aromatic rings. The van der Waals surface area contributed by atoms with Gasteiger partial charge in [0.15, 0.2) is 0 Å². The fourth-order valence-corrected chi connectivity index (χ4v) is 3.51. The molecule has 0 atom stereocenters. The summed E-state index contributed by atoms with van der Waals surface area (Å²) >= 11 is 0. The number of benzene rings is 1. The van der Waals surface area contributed by atoms with Crippen LogP contribution in [0.2, 0.25) is 0 Å². The normalized spacial score (nSPS) is 10.9. The van der Waals surface area contributed by atoms with Gasteiger partial charge in [-0.05, 0) is 42.5 Å². The van der Waals surface area contributed by atoms with Crippen molar-refractivity contribution in [3.63, 3.8) is 0 Å². The van der Waals surface area contributed by atoms with Crippen LogP contribution in [-0.4, -0.2) is 11.6 Å². The zero-order chi connectivity index (χ0) is 19.2. The van der Waals surface area contributed by atoms with Gasteiger partial charge >= 0.3 is 0 Å². The van der Waals surface area contributed by atoms with Crippen LogP contribution in [0.3, 0.4) is 0 Å². The second-order valence-corrected chi connectivity index (χ2v) is 7.46. The number of hydrogen-bond acceptors (Lipinski definition) is 2. The summed E-state index contributed by atoms with van der Waals surface area (Å²) in [5.41, 5.74) is 3.83. The zero-order valence-corrected chi connectivity index (χ0v) is 17.4. The van der Waals surface area contributed by atoms with E-state index >= 15 is 0 Å². The molecule has 0 amide bonds. The minimum Gasteiger partial charge on any atom is -0.493 e. The first-order chi connectivity index (χ1) is 13.4. The molecule has 148 valence electrons. The maximum absolute atomic E-state index is 6.14. The van der Waals surface area contributed by atoms with E-state index < -0.39 is 0 Å². The van der Waals surface area contributed by atoms with Crippen molar-refractivity contribution in [2.75, 3.05) is 6.61 Å². The van der Waals surface area contributed by atoms with Crippen molar-refractivity contribution in [1.29, 1.82) is 0 Å². The maximum Gasteiger partial charge on any atom is 0.127 e. The van der Waals surface area contributed by atoms with Crippen molar-refractivity contribution >= 4 is 0 Å². The Bertz CT molecular complexity index is 638. The Labute approximate surface area is 166 Å². The molecule has 0 radical (unpaired) electrons. The Morgan fingerprint density at radius 3 is 2.26 bits per heavy atom. The van der Waals surface area contributed by atoms with Crippen LogP contribution in [-0.2, 0) is 6.42 Å². The summed E-state index contributed by atoms with van der Waals surface area (Å²) in [6, 6.07) is 10.6. The van der Waals surface area contributed by atoms with Crippen molar-refractivity contribution in [3.8, 4) is 16.9 Å². The molecule has 0 fully saturated rings. The SMILES string of the molecule is CCCCCCCCc1cnccc1-c1ccccc1OCCCCCC. The van der Waals surface area contributed by atoms with E-state index in [0.717, 1.165) is 25.2 Å². The molecule has 0 bridgehead atoms. The molecule has 0 saturated heterocycles. The fourth-order valence-electron chi connectivity index (χ4n) is 3.51. The van der Waals surface area contributed by atoms with Gasteiger partial charge in [0, 0.05) is 18.0 Å². The largest absolute Gasteiger partial charge is 0.493 e. The first-order valence-electron chi connectivity index (χ1n) is 11.0. The van der Waals surface area contributed by atoms with E-state index in [9.17, 15) is 0 Å². The minimum absolute atomic E-state index is 0.800. The number of nitrogens with zero attached hydrogens (tertiary/aromatic N) is 1. The fraction of sp³-hybridized carbons (Fsp3) is 0.560. The van der Waals surface area contributed by atoms with Crippen LogP contribution in [0.5, 0.6) is 5.75 Å². The predicted octanol–water partition coefficient (Wildman–Crippen LogP) is 7.61. The van der Waals surface area contributed by atoms with Crippen LogP contribution in [0.25, 0.3) is 11.1 Å². The number of aromatic nitrogens is 1. The predicted molar refractivity (Wildman–Crippen MR) is 116 cm³/mol. The van der Waals surface area contributed by atoms with E-state index in [1.165, 1.54) is 74.5 Å². The Morgan fingerprint density at radius 2 is 1.44 bits per heavy atom. The molecule has 2 rings (SSSR count). The van der Waals surface area contributed by atoms with E-state index in [-0.39, 0.29) is 0 Å². The lowest BCUT2D eigenvalue weighted by Gasteiger charge is -2.14. The lowest BCUT2D eigenvalue weighted by Crippen LogP contribution is -2.00. The molecule has 0 aliphatic rings. The summed E-state index contributed by atoms with van der Waals surface area (Å²) < 4.78 is 6.14. The monoisotopic (exact) mass is 367 g/mol. The van der Waals surface area contributed by atoms with Crippen LogP contribution in [0.1, 0.15) is 83.6 Å². The van der Waals surface area contributed by atoms with Crippen molar-refractivity contribution in [2.24, 2.45) is 0 Å². The summed E-state index contributed by atoms with van der Waals surface area (Å²) in [5, 5.41) is 0. The highest BCUT2D eigenvalue weighted by Crippen LogP contribution is 2.32. The van der Waals surface area contributed by atoms with Gasteiger partial charge in [0.1, 0.15) is 5.75 Å². The van der Waals surface area contributed by atoms with E-state index in [1.54, 1.807) is 0 Å². The van der Waals surface area contributed by atoms with Crippen molar-refractivity contribution in [2.45, 2.75) is 84.5 Å². The van der Waals surface area contributed by atoms with Crippen LogP contribution < -0.4 is 4.74 Å². The Kier molecular flexibility index (Phi) is 10.6. The van der Waals surface area contributed by atoms with Crippen LogP contribution in [0.15, 0.2) is 42.7 Å². The van der Waals surface area contributed by atoms with Gasteiger partial charge in [-0.1, -0.05) is 83.4 Å². The lowest BCUT2D eigenvalue weighted by molar-refractivity contribution is 0.306. The quantitative estimate of drug-likeness (QED) is 0.320. The van der Waals surface area contributed by atoms with Gasteiger partial charge in [0.25, 0.3) is 0 Å².